The quantitative estimate of drug-likeness (QED) is 0.304. The summed E-state index contributed by atoms with van der Waals surface area (Å²) in [6, 6.07) is -2.14. The zero-order valence-electron chi connectivity index (χ0n) is 18.6. The Morgan fingerprint density at radius 1 is 1.18 bits per heavy atom. The molecule has 0 radical (unpaired) electrons. The van der Waals surface area contributed by atoms with Crippen molar-refractivity contribution < 1.29 is 24.0 Å². The third kappa shape index (κ3) is 6.33. The molecule has 0 aliphatic carbocycles. The molecule has 6 N–H and O–H groups in total. The first-order valence-corrected chi connectivity index (χ1v) is 11.4. The Bertz CT molecular complexity index is 869. The highest BCUT2D eigenvalue weighted by Crippen LogP contribution is 2.20. The minimum atomic E-state index is -0.816. The number of likely N-dealkylation sites (tertiary alicyclic amines) is 1. The van der Waals surface area contributed by atoms with Crippen LogP contribution in [0.25, 0.3) is 0 Å². The van der Waals surface area contributed by atoms with Crippen LogP contribution in [0, 0.1) is 0 Å². The molecule has 0 aromatic rings. The Kier molecular flexibility index (Phi) is 8.07. The molecular weight excluding hydrogens is 428 g/mol. The molecule has 0 saturated carbocycles. The maximum absolute atomic E-state index is 13.2. The molecule has 2 fully saturated rings. The summed E-state index contributed by atoms with van der Waals surface area (Å²) >= 11 is 0. The second-order valence-electron chi connectivity index (χ2n) is 8.65. The van der Waals surface area contributed by atoms with E-state index < -0.39 is 35.8 Å². The van der Waals surface area contributed by atoms with Crippen molar-refractivity contribution in [3.8, 4) is 0 Å². The van der Waals surface area contributed by atoms with E-state index in [1.165, 1.54) is 4.90 Å². The van der Waals surface area contributed by atoms with Crippen molar-refractivity contribution in [2.75, 3.05) is 13.1 Å². The molecule has 2 saturated heterocycles. The first-order chi connectivity index (χ1) is 15.8. The minimum absolute atomic E-state index is 0.190. The van der Waals surface area contributed by atoms with E-state index in [1.807, 2.05) is 17.2 Å². The fraction of sp³-hybridized carbons (Fsp3) is 0.591. The summed E-state index contributed by atoms with van der Waals surface area (Å²) in [5, 5.41) is 5.39. The molecule has 180 valence electrons. The average molecular weight is 461 g/mol. The van der Waals surface area contributed by atoms with Crippen LogP contribution in [0.3, 0.4) is 0 Å². The molecule has 0 bridgehead atoms. The lowest BCUT2D eigenvalue weighted by Gasteiger charge is -2.28. The molecule has 3 aliphatic rings. The maximum Gasteiger partial charge on any atom is 0.246 e. The highest BCUT2D eigenvalue weighted by atomic mass is 16.2. The predicted octanol–water partition coefficient (Wildman–Crippen LogP) is -1.01. The van der Waals surface area contributed by atoms with Gasteiger partial charge in [-0.3, -0.25) is 24.0 Å². The molecule has 0 aromatic heterocycles. The van der Waals surface area contributed by atoms with Gasteiger partial charge in [0.05, 0.1) is 0 Å². The van der Waals surface area contributed by atoms with Gasteiger partial charge >= 0.3 is 0 Å². The summed E-state index contributed by atoms with van der Waals surface area (Å²) in [7, 11) is 0. The van der Waals surface area contributed by atoms with Crippen molar-refractivity contribution in [3.63, 3.8) is 0 Å². The van der Waals surface area contributed by atoms with Crippen LogP contribution in [0.5, 0.6) is 0 Å². The lowest BCUT2D eigenvalue weighted by Crippen LogP contribution is -2.55. The number of hydrogen-bond acceptors (Lipinski definition) is 6. The van der Waals surface area contributed by atoms with Gasteiger partial charge in [-0.1, -0.05) is 6.08 Å². The van der Waals surface area contributed by atoms with Crippen LogP contribution in [-0.2, 0) is 24.0 Å². The number of nitrogens with one attached hydrogen (secondary N) is 2. The maximum atomic E-state index is 13.2. The van der Waals surface area contributed by atoms with Crippen LogP contribution in [-0.4, -0.2) is 70.6 Å². The average Bonchev–Trinajstić information content (AvgIpc) is 3.45. The van der Waals surface area contributed by atoms with Gasteiger partial charge in [-0.25, -0.2) is 0 Å². The summed E-state index contributed by atoms with van der Waals surface area (Å²) in [4.78, 5) is 63.8. The Morgan fingerprint density at radius 2 is 1.97 bits per heavy atom. The van der Waals surface area contributed by atoms with Crippen LogP contribution < -0.4 is 22.1 Å². The van der Waals surface area contributed by atoms with Crippen molar-refractivity contribution >= 4 is 29.5 Å². The van der Waals surface area contributed by atoms with Gasteiger partial charge in [-0.15, -0.1) is 0 Å². The number of hydrogen-bond donors (Lipinski definition) is 4. The van der Waals surface area contributed by atoms with Gasteiger partial charge in [0.2, 0.25) is 29.5 Å². The van der Waals surface area contributed by atoms with Crippen molar-refractivity contribution in [3.05, 3.63) is 24.0 Å². The molecule has 1 unspecified atom stereocenters. The van der Waals surface area contributed by atoms with Crippen molar-refractivity contribution in [2.24, 2.45) is 11.5 Å². The van der Waals surface area contributed by atoms with Gasteiger partial charge in [0.1, 0.15) is 18.1 Å². The summed E-state index contributed by atoms with van der Waals surface area (Å²) < 4.78 is 0. The number of rotatable bonds is 10. The standard InChI is InChI=1S/C22H32N6O5/c23-19(30)14-5-3-11-27(13-14)10-2-1-6-16(26-21(32)15-8-9-18(29)25-15)22(33)28-12-4-7-17(28)20(24)31/h3,11,13,15-17H,1-2,4-10,12H2,(H2,23,30)(H2,24,31)(H,25,29)(H,26,32)/t15-,16?,17-/m0/s1. The van der Waals surface area contributed by atoms with Gasteiger partial charge in [0.25, 0.3) is 0 Å². The molecule has 11 heteroatoms. The van der Waals surface area contributed by atoms with Crippen molar-refractivity contribution in [2.45, 2.75) is 69.5 Å². The van der Waals surface area contributed by atoms with E-state index in [-0.39, 0.29) is 18.2 Å². The van der Waals surface area contributed by atoms with E-state index in [4.69, 9.17) is 11.5 Å². The normalized spacial score (nSPS) is 23.2. The van der Waals surface area contributed by atoms with E-state index in [9.17, 15) is 24.0 Å². The Morgan fingerprint density at radius 3 is 2.64 bits per heavy atom. The van der Waals surface area contributed by atoms with Gasteiger partial charge in [-0.2, -0.15) is 0 Å². The highest BCUT2D eigenvalue weighted by molar-refractivity contribution is 5.95. The van der Waals surface area contributed by atoms with Crippen LogP contribution in [0.15, 0.2) is 24.0 Å². The number of carbonyl (C=O) groups excluding carboxylic acids is 5. The molecule has 3 aliphatic heterocycles. The van der Waals surface area contributed by atoms with Gasteiger partial charge < -0.3 is 31.9 Å². The van der Waals surface area contributed by atoms with E-state index >= 15 is 0 Å². The summed E-state index contributed by atoms with van der Waals surface area (Å²) in [5.74, 6) is -1.93. The van der Waals surface area contributed by atoms with E-state index in [2.05, 4.69) is 10.6 Å². The number of nitrogens with zero attached hydrogens (tertiary/aromatic N) is 2. The van der Waals surface area contributed by atoms with E-state index in [0.29, 0.717) is 63.6 Å². The molecule has 5 amide bonds. The molecule has 11 nitrogen and oxygen atoms in total. The van der Waals surface area contributed by atoms with Crippen LogP contribution in [0.4, 0.5) is 0 Å². The van der Waals surface area contributed by atoms with Gasteiger partial charge in [0.15, 0.2) is 0 Å². The third-order valence-corrected chi connectivity index (χ3v) is 6.22. The SMILES string of the molecule is NC(=O)C1=CN(CCCCC(NC(=O)[C@@H]2CCC(=O)N2)C(=O)N2CCC[C@H]2C(N)=O)C=CC1. The Balaban J connectivity index is 1.59. The van der Waals surface area contributed by atoms with E-state index in [1.54, 1.807) is 6.20 Å². The fourth-order valence-electron chi connectivity index (χ4n) is 4.42. The third-order valence-electron chi connectivity index (χ3n) is 6.22. The van der Waals surface area contributed by atoms with Crippen LogP contribution in [0.2, 0.25) is 0 Å². The number of carbonyl (C=O) groups is 5. The first kappa shape index (κ1) is 24.3. The van der Waals surface area contributed by atoms with E-state index in [0.717, 1.165) is 0 Å². The molecule has 3 heterocycles. The number of primary amides is 2. The van der Waals surface area contributed by atoms with Gasteiger partial charge in [0, 0.05) is 31.3 Å². The largest absolute Gasteiger partial charge is 0.368 e. The zero-order valence-corrected chi connectivity index (χ0v) is 18.6. The predicted molar refractivity (Wildman–Crippen MR) is 119 cm³/mol. The molecule has 33 heavy (non-hydrogen) atoms. The molecule has 0 aromatic carbocycles. The molecule has 3 rings (SSSR count). The lowest BCUT2D eigenvalue weighted by atomic mass is 10.1. The monoisotopic (exact) mass is 460 g/mol. The van der Waals surface area contributed by atoms with Crippen LogP contribution >= 0.6 is 0 Å². The minimum Gasteiger partial charge on any atom is -0.368 e. The van der Waals surface area contributed by atoms with Crippen LogP contribution in [0.1, 0.15) is 51.4 Å². The number of allylic oxidation sites excluding steroid dienone is 1. The van der Waals surface area contributed by atoms with Crippen molar-refractivity contribution in [1.29, 1.82) is 0 Å². The second kappa shape index (κ2) is 11.0. The molecular formula is C22H32N6O5. The summed E-state index contributed by atoms with van der Waals surface area (Å²) in [6.45, 7) is 1.03. The topological polar surface area (TPSA) is 168 Å². The molecule has 3 atom stereocenters. The Labute approximate surface area is 192 Å². The summed E-state index contributed by atoms with van der Waals surface area (Å²) in [6.07, 6.45) is 9.49. The lowest BCUT2D eigenvalue weighted by molar-refractivity contribution is -0.141. The zero-order chi connectivity index (χ0) is 24.0. The number of amides is 5. The second-order valence-corrected chi connectivity index (χ2v) is 8.65. The fourth-order valence-corrected chi connectivity index (χ4v) is 4.42. The Hall–Kier alpha value is -3.37. The number of nitrogens with two attached hydrogens (primary N) is 2. The first-order valence-electron chi connectivity index (χ1n) is 11.4. The van der Waals surface area contributed by atoms with Crippen molar-refractivity contribution in [1.82, 2.24) is 20.4 Å². The molecule has 0 spiro atoms. The smallest absolute Gasteiger partial charge is 0.246 e. The van der Waals surface area contributed by atoms with Gasteiger partial charge in [-0.05, 0) is 51.1 Å². The number of unbranched alkanes of at least 4 members (excludes halogenated alkanes) is 1. The highest BCUT2D eigenvalue weighted by Gasteiger charge is 2.37. The summed E-state index contributed by atoms with van der Waals surface area (Å²) in [5.41, 5.74) is 11.3.